The Balaban J connectivity index is 1.65. The Morgan fingerprint density at radius 2 is 1.75 bits per heavy atom. The smallest absolute Gasteiger partial charge is 0.230 e. The molecule has 5 nitrogen and oxygen atoms in total. The number of likely N-dealkylation sites (N-methyl/N-ethyl adjacent to an activating group) is 1. The summed E-state index contributed by atoms with van der Waals surface area (Å²) in [6.45, 7) is 0.634. The lowest BCUT2D eigenvalue weighted by Gasteiger charge is -2.37. The minimum atomic E-state index is -0.443. The van der Waals surface area contributed by atoms with E-state index in [-0.39, 0.29) is 23.9 Å². The molecule has 2 amide bonds. The van der Waals surface area contributed by atoms with Crippen molar-refractivity contribution in [1.29, 1.82) is 0 Å². The molecule has 6 heteroatoms. The van der Waals surface area contributed by atoms with Crippen LogP contribution in [0.25, 0.3) is 0 Å². The van der Waals surface area contributed by atoms with Crippen LogP contribution < -0.4 is 10.6 Å². The number of amides is 2. The predicted octanol–water partition coefficient (Wildman–Crippen LogP) is 3.26. The molecule has 28 heavy (non-hydrogen) atoms. The van der Waals surface area contributed by atoms with Crippen LogP contribution in [0.2, 0.25) is 5.02 Å². The standard InChI is InChI=1S/C22H32ClN3O2/c1-24-20(27)14-18-10-11-19(26(18)2)15-25-21(28)22(12-4-3-5-13-22)16-6-8-17(23)9-7-16/h6-9,18-19H,3-5,10-15H2,1-2H3,(H,24,27)(H,25,28)/t18-,19+/m1/s1. The van der Waals surface area contributed by atoms with E-state index in [4.69, 9.17) is 11.6 Å². The van der Waals surface area contributed by atoms with Crippen LogP contribution in [0.15, 0.2) is 24.3 Å². The van der Waals surface area contributed by atoms with Crippen LogP contribution in [-0.2, 0) is 15.0 Å². The minimum absolute atomic E-state index is 0.0745. The first-order valence-corrected chi connectivity index (χ1v) is 10.8. The van der Waals surface area contributed by atoms with Crippen molar-refractivity contribution in [3.63, 3.8) is 0 Å². The van der Waals surface area contributed by atoms with Gasteiger partial charge in [-0.05, 0) is 50.4 Å². The number of carbonyl (C=O) groups excluding carboxylic acids is 2. The van der Waals surface area contributed by atoms with Crippen molar-refractivity contribution in [2.24, 2.45) is 0 Å². The van der Waals surface area contributed by atoms with Gasteiger partial charge in [0, 0.05) is 37.1 Å². The first kappa shape index (κ1) is 21.1. The highest BCUT2D eigenvalue weighted by Crippen LogP contribution is 2.40. The van der Waals surface area contributed by atoms with Gasteiger partial charge in [-0.2, -0.15) is 0 Å². The molecular weight excluding hydrogens is 374 g/mol. The van der Waals surface area contributed by atoms with Gasteiger partial charge in [-0.25, -0.2) is 0 Å². The van der Waals surface area contributed by atoms with Gasteiger partial charge in [0.25, 0.3) is 0 Å². The van der Waals surface area contributed by atoms with E-state index in [1.807, 2.05) is 24.3 Å². The SMILES string of the molecule is CNC(=O)C[C@H]1CC[C@@H](CNC(=O)C2(c3ccc(Cl)cc3)CCCCC2)N1C. The van der Waals surface area contributed by atoms with E-state index in [1.165, 1.54) is 6.42 Å². The molecule has 2 fully saturated rings. The Kier molecular flexibility index (Phi) is 7.00. The van der Waals surface area contributed by atoms with Crippen LogP contribution in [0.3, 0.4) is 0 Å². The number of carbonyl (C=O) groups is 2. The average molecular weight is 406 g/mol. The summed E-state index contributed by atoms with van der Waals surface area (Å²) in [4.78, 5) is 27.3. The molecule has 0 spiro atoms. The van der Waals surface area contributed by atoms with Crippen LogP contribution in [0, 0.1) is 0 Å². The van der Waals surface area contributed by atoms with Crippen LogP contribution in [0.5, 0.6) is 0 Å². The highest BCUT2D eigenvalue weighted by atomic mass is 35.5. The molecule has 2 atom stereocenters. The third kappa shape index (κ3) is 4.52. The van der Waals surface area contributed by atoms with Crippen molar-refractivity contribution < 1.29 is 9.59 Å². The zero-order chi connectivity index (χ0) is 20.1. The van der Waals surface area contributed by atoms with Gasteiger partial charge in [0.1, 0.15) is 0 Å². The number of halogens is 1. The van der Waals surface area contributed by atoms with Gasteiger partial charge in [-0.3, -0.25) is 14.5 Å². The summed E-state index contributed by atoms with van der Waals surface area (Å²) < 4.78 is 0. The Hall–Kier alpha value is -1.59. The van der Waals surface area contributed by atoms with E-state index < -0.39 is 5.41 Å². The monoisotopic (exact) mass is 405 g/mol. The van der Waals surface area contributed by atoms with Gasteiger partial charge in [-0.1, -0.05) is 43.0 Å². The molecule has 1 heterocycles. The van der Waals surface area contributed by atoms with E-state index in [1.54, 1.807) is 7.05 Å². The molecule has 1 aromatic rings. The molecule has 0 radical (unpaired) electrons. The topological polar surface area (TPSA) is 61.4 Å². The second kappa shape index (κ2) is 9.27. The second-order valence-electron chi connectivity index (χ2n) is 8.29. The van der Waals surface area contributed by atoms with E-state index in [9.17, 15) is 9.59 Å². The molecule has 1 saturated heterocycles. The molecule has 0 bridgehead atoms. The van der Waals surface area contributed by atoms with E-state index in [0.29, 0.717) is 18.0 Å². The molecule has 1 aromatic carbocycles. The molecule has 3 rings (SSSR count). The molecule has 0 unspecified atom stereocenters. The quantitative estimate of drug-likeness (QED) is 0.763. The third-order valence-electron chi connectivity index (χ3n) is 6.72. The first-order valence-electron chi connectivity index (χ1n) is 10.4. The molecule has 1 aliphatic heterocycles. The number of nitrogens with one attached hydrogen (secondary N) is 2. The maximum atomic E-state index is 13.3. The fourth-order valence-corrected chi connectivity index (χ4v) is 4.98. The third-order valence-corrected chi connectivity index (χ3v) is 6.97. The molecule has 2 aliphatic rings. The van der Waals surface area contributed by atoms with E-state index in [0.717, 1.165) is 44.1 Å². The van der Waals surface area contributed by atoms with Crippen molar-refractivity contribution in [3.8, 4) is 0 Å². The number of rotatable bonds is 6. The van der Waals surface area contributed by atoms with Gasteiger partial charge < -0.3 is 10.6 Å². The van der Waals surface area contributed by atoms with Crippen LogP contribution in [0.1, 0.15) is 56.9 Å². The van der Waals surface area contributed by atoms with Gasteiger partial charge in [0.05, 0.1) is 5.41 Å². The van der Waals surface area contributed by atoms with E-state index >= 15 is 0 Å². The Labute approximate surface area is 173 Å². The Bertz CT molecular complexity index is 686. The summed E-state index contributed by atoms with van der Waals surface area (Å²) in [5.74, 6) is 0.211. The van der Waals surface area contributed by atoms with Gasteiger partial charge in [-0.15, -0.1) is 0 Å². The van der Waals surface area contributed by atoms with Gasteiger partial charge in [0.15, 0.2) is 0 Å². The summed E-state index contributed by atoms with van der Waals surface area (Å²) in [6.07, 6.45) is 7.64. The summed E-state index contributed by atoms with van der Waals surface area (Å²) >= 11 is 6.06. The zero-order valence-electron chi connectivity index (χ0n) is 17.0. The van der Waals surface area contributed by atoms with Gasteiger partial charge in [0.2, 0.25) is 11.8 Å². The van der Waals surface area contributed by atoms with Crippen molar-refractivity contribution in [2.75, 3.05) is 20.6 Å². The number of nitrogens with zero attached hydrogens (tertiary/aromatic N) is 1. The lowest BCUT2D eigenvalue weighted by atomic mass is 9.68. The maximum Gasteiger partial charge on any atom is 0.230 e. The molecule has 1 saturated carbocycles. The Morgan fingerprint density at radius 3 is 2.39 bits per heavy atom. The number of benzene rings is 1. The van der Waals surface area contributed by atoms with Crippen molar-refractivity contribution in [3.05, 3.63) is 34.9 Å². The predicted molar refractivity (Wildman–Crippen MR) is 112 cm³/mol. The van der Waals surface area contributed by atoms with Crippen molar-refractivity contribution >= 4 is 23.4 Å². The van der Waals surface area contributed by atoms with Gasteiger partial charge >= 0.3 is 0 Å². The van der Waals surface area contributed by atoms with Crippen LogP contribution >= 0.6 is 11.6 Å². The molecular formula is C22H32ClN3O2. The number of hydrogen-bond acceptors (Lipinski definition) is 3. The van der Waals surface area contributed by atoms with Crippen molar-refractivity contribution in [2.45, 2.75) is 68.9 Å². The Morgan fingerprint density at radius 1 is 1.11 bits per heavy atom. The van der Waals surface area contributed by atoms with Crippen molar-refractivity contribution in [1.82, 2.24) is 15.5 Å². The average Bonchev–Trinajstić information content (AvgIpc) is 3.06. The zero-order valence-corrected chi connectivity index (χ0v) is 17.7. The lowest BCUT2D eigenvalue weighted by Crippen LogP contribution is -2.49. The highest BCUT2D eigenvalue weighted by Gasteiger charge is 2.41. The summed E-state index contributed by atoms with van der Waals surface area (Å²) in [5.41, 5.74) is 0.632. The molecule has 1 aliphatic carbocycles. The fourth-order valence-electron chi connectivity index (χ4n) is 4.85. The highest BCUT2D eigenvalue weighted by molar-refractivity contribution is 6.30. The second-order valence-corrected chi connectivity index (χ2v) is 8.72. The molecule has 0 aromatic heterocycles. The first-order chi connectivity index (χ1) is 13.5. The molecule has 2 N–H and O–H groups in total. The molecule has 154 valence electrons. The van der Waals surface area contributed by atoms with Crippen LogP contribution in [0.4, 0.5) is 0 Å². The fraction of sp³-hybridized carbons (Fsp3) is 0.636. The van der Waals surface area contributed by atoms with Crippen LogP contribution in [-0.4, -0.2) is 49.4 Å². The number of hydrogen-bond donors (Lipinski definition) is 2. The normalized spacial score (nSPS) is 24.7. The summed E-state index contributed by atoms with van der Waals surface area (Å²) in [6, 6.07) is 8.32. The largest absolute Gasteiger partial charge is 0.359 e. The summed E-state index contributed by atoms with van der Waals surface area (Å²) in [7, 11) is 3.74. The number of likely N-dealkylation sites (tertiary alicyclic amines) is 1. The van der Waals surface area contributed by atoms with E-state index in [2.05, 4.69) is 22.6 Å². The summed E-state index contributed by atoms with van der Waals surface area (Å²) in [5, 5.41) is 6.65. The maximum absolute atomic E-state index is 13.3. The lowest BCUT2D eigenvalue weighted by molar-refractivity contribution is -0.128. The minimum Gasteiger partial charge on any atom is -0.359 e.